The topological polar surface area (TPSA) is 37.3 Å². The highest BCUT2D eigenvalue weighted by atomic mass is 16.4. The SMILES string of the molecule is CC[C@H](C(=O)O)c1ccc(CC(C)C)cc1. The lowest BCUT2D eigenvalue weighted by atomic mass is 9.94. The van der Waals surface area contributed by atoms with Crippen LogP contribution in [0, 0.1) is 5.92 Å². The largest absolute Gasteiger partial charge is 0.481 e. The van der Waals surface area contributed by atoms with Crippen molar-refractivity contribution in [2.75, 3.05) is 0 Å². The molecule has 0 bridgehead atoms. The fraction of sp³-hybridized carbons (Fsp3) is 0.500. The van der Waals surface area contributed by atoms with E-state index in [1.165, 1.54) is 5.56 Å². The Hall–Kier alpha value is -1.31. The zero-order valence-electron chi connectivity index (χ0n) is 10.2. The molecule has 1 aromatic carbocycles. The molecule has 0 aliphatic heterocycles. The summed E-state index contributed by atoms with van der Waals surface area (Å²) in [5.74, 6) is -0.473. The van der Waals surface area contributed by atoms with Gasteiger partial charge in [-0.05, 0) is 29.9 Å². The third kappa shape index (κ3) is 3.37. The number of aliphatic carboxylic acids is 1. The third-order valence-electron chi connectivity index (χ3n) is 2.73. The second kappa shape index (κ2) is 5.69. The molecular weight excluding hydrogens is 200 g/mol. The first-order valence-corrected chi connectivity index (χ1v) is 5.86. The van der Waals surface area contributed by atoms with E-state index in [0.717, 1.165) is 12.0 Å². The Balaban J connectivity index is 2.81. The fourth-order valence-corrected chi connectivity index (χ4v) is 1.91. The van der Waals surface area contributed by atoms with Gasteiger partial charge in [-0.3, -0.25) is 4.79 Å². The summed E-state index contributed by atoms with van der Waals surface area (Å²) in [7, 11) is 0. The summed E-state index contributed by atoms with van der Waals surface area (Å²) in [6.07, 6.45) is 1.68. The zero-order valence-corrected chi connectivity index (χ0v) is 10.2. The van der Waals surface area contributed by atoms with E-state index in [9.17, 15) is 4.79 Å². The fourth-order valence-electron chi connectivity index (χ4n) is 1.91. The van der Waals surface area contributed by atoms with Crippen LogP contribution in [0.5, 0.6) is 0 Å². The van der Waals surface area contributed by atoms with Crippen molar-refractivity contribution in [3.05, 3.63) is 35.4 Å². The molecule has 1 atom stereocenters. The van der Waals surface area contributed by atoms with Crippen LogP contribution in [-0.2, 0) is 11.2 Å². The van der Waals surface area contributed by atoms with Crippen molar-refractivity contribution in [1.82, 2.24) is 0 Å². The molecule has 0 aliphatic rings. The highest BCUT2D eigenvalue weighted by molar-refractivity contribution is 5.75. The van der Waals surface area contributed by atoms with E-state index in [2.05, 4.69) is 13.8 Å². The Morgan fingerprint density at radius 3 is 2.19 bits per heavy atom. The minimum Gasteiger partial charge on any atom is -0.481 e. The molecule has 0 fully saturated rings. The second-order valence-corrected chi connectivity index (χ2v) is 4.64. The van der Waals surface area contributed by atoms with Crippen molar-refractivity contribution in [3.63, 3.8) is 0 Å². The average Bonchev–Trinajstić information content (AvgIpc) is 2.20. The Labute approximate surface area is 97.3 Å². The van der Waals surface area contributed by atoms with Crippen molar-refractivity contribution < 1.29 is 9.90 Å². The average molecular weight is 220 g/mol. The Bertz CT molecular complexity index is 338. The van der Waals surface area contributed by atoms with E-state index in [1.807, 2.05) is 31.2 Å². The monoisotopic (exact) mass is 220 g/mol. The predicted octanol–water partition coefficient (Wildman–Crippen LogP) is 3.46. The van der Waals surface area contributed by atoms with Gasteiger partial charge in [0.1, 0.15) is 0 Å². The van der Waals surface area contributed by atoms with E-state index in [-0.39, 0.29) is 5.92 Å². The smallest absolute Gasteiger partial charge is 0.310 e. The summed E-state index contributed by atoms with van der Waals surface area (Å²) in [6.45, 7) is 6.26. The van der Waals surface area contributed by atoms with Crippen LogP contribution in [-0.4, -0.2) is 11.1 Å². The molecule has 0 saturated heterocycles. The summed E-state index contributed by atoms with van der Waals surface area (Å²) < 4.78 is 0. The van der Waals surface area contributed by atoms with Crippen LogP contribution < -0.4 is 0 Å². The summed E-state index contributed by atoms with van der Waals surface area (Å²) in [6, 6.07) is 7.97. The van der Waals surface area contributed by atoms with Crippen molar-refractivity contribution in [2.45, 2.75) is 39.5 Å². The molecular formula is C14H20O2. The molecule has 2 nitrogen and oxygen atoms in total. The zero-order chi connectivity index (χ0) is 12.1. The molecule has 1 N–H and O–H groups in total. The first-order valence-electron chi connectivity index (χ1n) is 5.86. The van der Waals surface area contributed by atoms with E-state index in [4.69, 9.17) is 5.11 Å². The number of carboxylic acid groups (broad SMARTS) is 1. The van der Waals surface area contributed by atoms with Gasteiger partial charge in [0.05, 0.1) is 5.92 Å². The number of hydrogen-bond donors (Lipinski definition) is 1. The number of carboxylic acids is 1. The molecule has 0 spiro atoms. The molecule has 0 aromatic heterocycles. The molecule has 0 radical (unpaired) electrons. The third-order valence-corrected chi connectivity index (χ3v) is 2.73. The molecule has 0 unspecified atom stereocenters. The minimum absolute atomic E-state index is 0.368. The summed E-state index contributed by atoms with van der Waals surface area (Å²) >= 11 is 0. The first kappa shape index (κ1) is 12.8. The summed E-state index contributed by atoms with van der Waals surface area (Å²) in [4.78, 5) is 11.0. The van der Waals surface area contributed by atoms with Crippen molar-refractivity contribution in [1.29, 1.82) is 0 Å². The molecule has 1 aromatic rings. The lowest BCUT2D eigenvalue weighted by molar-refractivity contribution is -0.138. The van der Waals surface area contributed by atoms with Gasteiger partial charge < -0.3 is 5.11 Å². The molecule has 0 heterocycles. The Kier molecular flexibility index (Phi) is 4.53. The van der Waals surface area contributed by atoms with Crippen molar-refractivity contribution in [2.24, 2.45) is 5.92 Å². The van der Waals surface area contributed by atoms with Crippen molar-refractivity contribution >= 4 is 5.97 Å². The minimum atomic E-state index is -0.737. The lowest BCUT2D eigenvalue weighted by Gasteiger charge is -2.11. The number of hydrogen-bond acceptors (Lipinski definition) is 1. The molecule has 16 heavy (non-hydrogen) atoms. The van der Waals surface area contributed by atoms with Crippen LogP contribution >= 0.6 is 0 Å². The quantitative estimate of drug-likeness (QED) is 0.825. The molecule has 0 saturated carbocycles. The van der Waals surface area contributed by atoms with Gasteiger partial charge in [-0.1, -0.05) is 45.0 Å². The lowest BCUT2D eigenvalue weighted by Crippen LogP contribution is -2.10. The number of benzene rings is 1. The highest BCUT2D eigenvalue weighted by Crippen LogP contribution is 2.20. The van der Waals surface area contributed by atoms with Gasteiger partial charge in [-0.2, -0.15) is 0 Å². The molecule has 0 amide bonds. The molecule has 1 rings (SSSR count). The van der Waals surface area contributed by atoms with Gasteiger partial charge in [0.25, 0.3) is 0 Å². The molecule has 0 aliphatic carbocycles. The normalized spacial score (nSPS) is 12.8. The van der Waals surface area contributed by atoms with Gasteiger partial charge in [-0.15, -0.1) is 0 Å². The maximum atomic E-state index is 11.0. The molecule has 88 valence electrons. The highest BCUT2D eigenvalue weighted by Gasteiger charge is 2.16. The maximum absolute atomic E-state index is 11.0. The second-order valence-electron chi connectivity index (χ2n) is 4.64. The number of carbonyl (C=O) groups is 1. The van der Waals surface area contributed by atoms with Gasteiger partial charge >= 0.3 is 5.97 Å². The Morgan fingerprint density at radius 1 is 1.25 bits per heavy atom. The molecule has 2 heteroatoms. The van der Waals surface area contributed by atoms with Crippen LogP contribution in [0.25, 0.3) is 0 Å². The van der Waals surface area contributed by atoms with Crippen LogP contribution in [0.2, 0.25) is 0 Å². The van der Waals surface area contributed by atoms with E-state index in [0.29, 0.717) is 12.3 Å². The summed E-state index contributed by atoms with van der Waals surface area (Å²) in [5, 5.41) is 9.04. The van der Waals surface area contributed by atoms with Crippen LogP contribution in [0.3, 0.4) is 0 Å². The van der Waals surface area contributed by atoms with Gasteiger partial charge in [0, 0.05) is 0 Å². The van der Waals surface area contributed by atoms with Gasteiger partial charge in [0.2, 0.25) is 0 Å². The number of rotatable bonds is 5. The predicted molar refractivity (Wildman–Crippen MR) is 65.7 cm³/mol. The standard InChI is InChI=1S/C14H20O2/c1-4-13(14(15)16)12-7-5-11(6-8-12)9-10(2)3/h5-8,10,13H,4,9H2,1-3H3,(H,15,16)/t13-/m0/s1. The van der Waals surface area contributed by atoms with Crippen LogP contribution in [0.15, 0.2) is 24.3 Å². The Morgan fingerprint density at radius 2 is 1.81 bits per heavy atom. The maximum Gasteiger partial charge on any atom is 0.310 e. The van der Waals surface area contributed by atoms with E-state index < -0.39 is 5.97 Å². The first-order chi connectivity index (χ1) is 7.54. The van der Waals surface area contributed by atoms with Gasteiger partial charge in [0.15, 0.2) is 0 Å². The summed E-state index contributed by atoms with van der Waals surface area (Å²) in [5.41, 5.74) is 2.18. The van der Waals surface area contributed by atoms with Gasteiger partial charge in [-0.25, -0.2) is 0 Å². The van der Waals surface area contributed by atoms with Crippen LogP contribution in [0.4, 0.5) is 0 Å². The van der Waals surface area contributed by atoms with Crippen molar-refractivity contribution in [3.8, 4) is 0 Å². The van der Waals surface area contributed by atoms with E-state index >= 15 is 0 Å². The van der Waals surface area contributed by atoms with Crippen LogP contribution in [0.1, 0.15) is 44.2 Å². The van der Waals surface area contributed by atoms with E-state index in [1.54, 1.807) is 0 Å².